The SMILES string of the molecule is CCC[C@H](C(=O)OC)N1C[C@H](C)O[C@@H](C)C1. The summed E-state index contributed by atoms with van der Waals surface area (Å²) >= 11 is 0. The van der Waals surface area contributed by atoms with Crippen LogP contribution in [0.15, 0.2) is 0 Å². The van der Waals surface area contributed by atoms with E-state index in [1.165, 1.54) is 7.11 Å². The van der Waals surface area contributed by atoms with Crippen LogP contribution in [0.3, 0.4) is 0 Å². The van der Waals surface area contributed by atoms with Crippen molar-refractivity contribution in [1.82, 2.24) is 4.90 Å². The van der Waals surface area contributed by atoms with Crippen molar-refractivity contribution in [1.29, 1.82) is 0 Å². The number of nitrogens with zero attached hydrogens (tertiary/aromatic N) is 1. The van der Waals surface area contributed by atoms with Crippen molar-refractivity contribution >= 4 is 5.97 Å². The number of hydrogen-bond acceptors (Lipinski definition) is 4. The molecule has 94 valence electrons. The fourth-order valence-electron chi connectivity index (χ4n) is 2.33. The summed E-state index contributed by atoms with van der Waals surface area (Å²) in [7, 11) is 1.46. The summed E-state index contributed by atoms with van der Waals surface area (Å²) in [5, 5.41) is 0. The predicted molar refractivity (Wildman–Crippen MR) is 62.3 cm³/mol. The van der Waals surface area contributed by atoms with E-state index in [1.807, 2.05) is 13.8 Å². The van der Waals surface area contributed by atoms with E-state index < -0.39 is 0 Å². The number of carbonyl (C=O) groups excluding carboxylic acids is 1. The third-order valence-electron chi connectivity index (χ3n) is 2.92. The van der Waals surface area contributed by atoms with Gasteiger partial charge in [0.05, 0.1) is 19.3 Å². The molecule has 3 atom stereocenters. The Morgan fingerprint density at radius 2 is 2.00 bits per heavy atom. The first kappa shape index (κ1) is 13.5. The highest BCUT2D eigenvalue weighted by molar-refractivity contribution is 5.75. The lowest BCUT2D eigenvalue weighted by Gasteiger charge is -2.38. The average Bonchev–Trinajstić information content (AvgIpc) is 2.23. The molecule has 0 aromatic heterocycles. The summed E-state index contributed by atoms with van der Waals surface area (Å²) in [5.74, 6) is -0.122. The second kappa shape index (κ2) is 6.21. The normalized spacial score (nSPS) is 28.8. The molecule has 4 nitrogen and oxygen atoms in total. The van der Waals surface area contributed by atoms with Crippen LogP contribution in [0.5, 0.6) is 0 Å². The molecule has 1 rings (SSSR count). The molecule has 0 spiro atoms. The highest BCUT2D eigenvalue weighted by atomic mass is 16.5. The van der Waals surface area contributed by atoms with Gasteiger partial charge in [-0.25, -0.2) is 0 Å². The quantitative estimate of drug-likeness (QED) is 0.684. The lowest BCUT2D eigenvalue weighted by atomic mass is 10.1. The second-order valence-corrected chi connectivity index (χ2v) is 4.54. The van der Waals surface area contributed by atoms with E-state index >= 15 is 0 Å². The monoisotopic (exact) mass is 229 g/mol. The first-order chi connectivity index (χ1) is 7.58. The van der Waals surface area contributed by atoms with E-state index in [0.717, 1.165) is 25.9 Å². The van der Waals surface area contributed by atoms with Crippen LogP contribution in [-0.2, 0) is 14.3 Å². The summed E-state index contributed by atoms with van der Waals surface area (Å²) < 4.78 is 10.5. The largest absolute Gasteiger partial charge is 0.468 e. The smallest absolute Gasteiger partial charge is 0.323 e. The van der Waals surface area contributed by atoms with Crippen LogP contribution in [0.4, 0.5) is 0 Å². The third-order valence-corrected chi connectivity index (χ3v) is 2.92. The van der Waals surface area contributed by atoms with E-state index in [4.69, 9.17) is 9.47 Å². The van der Waals surface area contributed by atoms with Gasteiger partial charge in [0, 0.05) is 13.1 Å². The Morgan fingerprint density at radius 3 is 2.44 bits per heavy atom. The van der Waals surface area contributed by atoms with Crippen molar-refractivity contribution in [3.05, 3.63) is 0 Å². The number of rotatable bonds is 4. The Kier molecular flexibility index (Phi) is 5.22. The number of ether oxygens (including phenoxy) is 2. The van der Waals surface area contributed by atoms with Gasteiger partial charge in [0.15, 0.2) is 0 Å². The Bertz CT molecular complexity index is 222. The van der Waals surface area contributed by atoms with Crippen LogP contribution in [-0.4, -0.2) is 49.3 Å². The van der Waals surface area contributed by atoms with Gasteiger partial charge in [-0.05, 0) is 20.3 Å². The van der Waals surface area contributed by atoms with Gasteiger partial charge >= 0.3 is 5.97 Å². The Morgan fingerprint density at radius 1 is 1.44 bits per heavy atom. The predicted octanol–water partition coefficient (Wildman–Crippen LogP) is 1.44. The molecule has 0 radical (unpaired) electrons. The van der Waals surface area contributed by atoms with Gasteiger partial charge in [0.25, 0.3) is 0 Å². The van der Waals surface area contributed by atoms with Crippen LogP contribution in [0, 0.1) is 0 Å². The van der Waals surface area contributed by atoms with Crippen molar-refractivity contribution in [3.8, 4) is 0 Å². The standard InChI is InChI=1S/C12H23NO3/c1-5-6-11(12(14)15-4)13-7-9(2)16-10(3)8-13/h9-11H,5-8H2,1-4H3/t9-,10-,11+/m0/s1. The minimum Gasteiger partial charge on any atom is -0.468 e. The summed E-state index contributed by atoms with van der Waals surface area (Å²) in [6, 6.07) is -0.108. The van der Waals surface area contributed by atoms with E-state index in [0.29, 0.717) is 0 Å². The van der Waals surface area contributed by atoms with Gasteiger partial charge in [-0.15, -0.1) is 0 Å². The molecular formula is C12H23NO3. The molecule has 4 heteroatoms. The molecule has 0 bridgehead atoms. The number of esters is 1. The minimum absolute atomic E-state index is 0.108. The topological polar surface area (TPSA) is 38.8 Å². The zero-order chi connectivity index (χ0) is 12.1. The highest BCUT2D eigenvalue weighted by Gasteiger charge is 2.31. The number of methoxy groups -OCH3 is 1. The molecular weight excluding hydrogens is 206 g/mol. The van der Waals surface area contributed by atoms with Crippen LogP contribution < -0.4 is 0 Å². The van der Waals surface area contributed by atoms with E-state index in [-0.39, 0.29) is 24.2 Å². The van der Waals surface area contributed by atoms with Gasteiger partial charge < -0.3 is 9.47 Å². The molecule has 0 saturated carbocycles. The van der Waals surface area contributed by atoms with Crippen molar-refractivity contribution in [2.75, 3.05) is 20.2 Å². The van der Waals surface area contributed by atoms with Crippen LogP contribution in [0.2, 0.25) is 0 Å². The third kappa shape index (κ3) is 3.46. The maximum absolute atomic E-state index is 11.7. The minimum atomic E-state index is -0.122. The Labute approximate surface area is 97.9 Å². The second-order valence-electron chi connectivity index (χ2n) is 4.54. The van der Waals surface area contributed by atoms with Crippen LogP contribution >= 0.6 is 0 Å². The molecule has 16 heavy (non-hydrogen) atoms. The highest BCUT2D eigenvalue weighted by Crippen LogP contribution is 2.17. The first-order valence-electron chi connectivity index (χ1n) is 6.05. The van der Waals surface area contributed by atoms with E-state index in [2.05, 4.69) is 11.8 Å². The molecule has 1 saturated heterocycles. The average molecular weight is 229 g/mol. The van der Waals surface area contributed by atoms with Crippen molar-refractivity contribution in [2.24, 2.45) is 0 Å². The zero-order valence-electron chi connectivity index (χ0n) is 10.7. The summed E-state index contributed by atoms with van der Waals surface area (Å²) in [5.41, 5.74) is 0. The number of carbonyl (C=O) groups is 1. The molecule has 0 N–H and O–H groups in total. The van der Waals surface area contributed by atoms with Crippen LogP contribution in [0.25, 0.3) is 0 Å². The van der Waals surface area contributed by atoms with Crippen molar-refractivity contribution in [2.45, 2.75) is 51.9 Å². The molecule has 1 aliphatic heterocycles. The fourth-order valence-corrected chi connectivity index (χ4v) is 2.33. The Hall–Kier alpha value is -0.610. The summed E-state index contributed by atoms with van der Waals surface area (Å²) in [6.07, 6.45) is 2.21. The lowest BCUT2D eigenvalue weighted by Crippen LogP contribution is -2.52. The molecule has 1 fully saturated rings. The molecule has 1 aliphatic rings. The maximum atomic E-state index is 11.7. The fraction of sp³-hybridized carbons (Fsp3) is 0.917. The maximum Gasteiger partial charge on any atom is 0.323 e. The van der Waals surface area contributed by atoms with Gasteiger partial charge in [-0.1, -0.05) is 13.3 Å². The van der Waals surface area contributed by atoms with Crippen molar-refractivity contribution in [3.63, 3.8) is 0 Å². The van der Waals surface area contributed by atoms with E-state index in [1.54, 1.807) is 0 Å². The summed E-state index contributed by atoms with van der Waals surface area (Å²) in [6.45, 7) is 7.79. The van der Waals surface area contributed by atoms with Gasteiger partial charge in [-0.2, -0.15) is 0 Å². The van der Waals surface area contributed by atoms with Gasteiger partial charge in [-0.3, -0.25) is 9.69 Å². The lowest BCUT2D eigenvalue weighted by molar-refractivity contribution is -0.152. The molecule has 0 aliphatic carbocycles. The molecule has 0 aromatic rings. The summed E-state index contributed by atoms with van der Waals surface area (Å²) in [4.78, 5) is 13.9. The number of morpholine rings is 1. The van der Waals surface area contributed by atoms with Crippen molar-refractivity contribution < 1.29 is 14.3 Å². The van der Waals surface area contributed by atoms with Crippen LogP contribution in [0.1, 0.15) is 33.6 Å². The molecule has 1 heterocycles. The van der Waals surface area contributed by atoms with E-state index in [9.17, 15) is 4.79 Å². The zero-order valence-corrected chi connectivity index (χ0v) is 10.7. The van der Waals surface area contributed by atoms with Gasteiger partial charge in [0.2, 0.25) is 0 Å². The molecule has 0 unspecified atom stereocenters. The Balaban J connectivity index is 2.65. The first-order valence-corrected chi connectivity index (χ1v) is 6.05. The number of hydrogen-bond donors (Lipinski definition) is 0. The molecule has 0 aromatic carbocycles. The molecule has 0 amide bonds. The van der Waals surface area contributed by atoms with Gasteiger partial charge in [0.1, 0.15) is 6.04 Å².